The Morgan fingerprint density at radius 2 is 2.07 bits per heavy atom. The van der Waals surface area contributed by atoms with Crippen molar-refractivity contribution >= 4 is 16.0 Å². The van der Waals surface area contributed by atoms with Crippen molar-refractivity contribution in [2.75, 3.05) is 32.1 Å². The molecule has 1 atom stereocenters. The molecule has 2 N–H and O–H groups in total. The maximum absolute atomic E-state index is 13.7. The van der Waals surface area contributed by atoms with Gasteiger partial charge in [0.05, 0.1) is 18.9 Å². The topological polar surface area (TPSA) is 93.7 Å². The van der Waals surface area contributed by atoms with Gasteiger partial charge in [-0.3, -0.25) is 4.79 Å². The lowest BCUT2D eigenvalue weighted by Gasteiger charge is -2.16. The quantitative estimate of drug-likeness (QED) is 0.252. The molecule has 164 valence electrons. The van der Waals surface area contributed by atoms with Gasteiger partial charge >= 0.3 is 5.97 Å². The maximum atomic E-state index is 13.7. The van der Waals surface area contributed by atoms with Crippen LogP contribution in [0.3, 0.4) is 0 Å². The second-order valence-electron chi connectivity index (χ2n) is 6.49. The van der Waals surface area contributed by atoms with Crippen LogP contribution < -0.4 is 14.8 Å². The molecule has 0 aromatic heterocycles. The van der Waals surface area contributed by atoms with Gasteiger partial charge in [0.2, 0.25) is 10.0 Å². The van der Waals surface area contributed by atoms with Crippen molar-refractivity contribution in [3.63, 3.8) is 0 Å². The van der Waals surface area contributed by atoms with Crippen LogP contribution in [0.2, 0.25) is 0 Å². The van der Waals surface area contributed by atoms with Gasteiger partial charge in [-0.1, -0.05) is 25.1 Å². The minimum absolute atomic E-state index is 0.00374. The van der Waals surface area contributed by atoms with Crippen molar-refractivity contribution in [3.8, 4) is 5.75 Å². The zero-order valence-electron chi connectivity index (χ0n) is 17.1. The smallest absolute Gasteiger partial charge is 0.319 e. The van der Waals surface area contributed by atoms with E-state index in [1.54, 1.807) is 13.8 Å². The molecule has 0 aliphatic carbocycles. The highest BCUT2D eigenvalue weighted by Gasteiger charge is 2.17. The molecule has 0 fully saturated rings. The Bertz CT molecular complexity index is 755. The van der Waals surface area contributed by atoms with Crippen molar-refractivity contribution < 1.29 is 27.1 Å². The van der Waals surface area contributed by atoms with Crippen LogP contribution in [0.25, 0.3) is 0 Å². The third-order valence-electron chi connectivity index (χ3n) is 4.01. The van der Waals surface area contributed by atoms with Crippen molar-refractivity contribution in [3.05, 3.63) is 42.2 Å². The van der Waals surface area contributed by atoms with Crippen molar-refractivity contribution in [2.24, 2.45) is 0 Å². The van der Waals surface area contributed by atoms with E-state index in [1.807, 2.05) is 0 Å². The maximum Gasteiger partial charge on any atom is 0.319 e. The number of hydrogen-bond donors (Lipinski definition) is 2. The number of unbranched alkanes of at least 4 members (excludes halogenated alkanes) is 2. The Kier molecular flexibility index (Phi) is 11.5. The molecule has 0 aliphatic heterocycles. The second kappa shape index (κ2) is 13.3. The van der Waals surface area contributed by atoms with E-state index in [9.17, 15) is 17.6 Å². The Morgan fingerprint density at radius 3 is 2.76 bits per heavy atom. The second-order valence-corrected chi connectivity index (χ2v) is 8.36. The van der Waals surface area contributed by atoms with E-state index in [2.05, 4.69) is 16.6 Å². The lowest BCUT2D eigenvalue weighted by Crippen LogP contribution is -2.29. The number of rotatable bonds is 15. The molecule has 0 heterocycles. The molecule has 9 heteroatoms. The first kappa shape index (κ1) is 25.1. The van der Waals surface area contributed by atoms with Gasteiger partial charge in [0.15, 0.2) is 11.6 Å². The minimum Gasteiger partial charge on any atom is -0.486 e. The van der Waals surface area contributed by atoms with Crippen LogP contribution in [-0.2, 0) is 19.6 Å². The third kappa shape index (κ3) is 10.4. The van der Waals surface area contributed by atoms with E-state index in [1.165, 1.54) is 24.3 Å². The highest BCUT2D eigenvalue weighted by Crippen LogP contribution is 2.23. The molecule has 0 saturated carbocycles. The number of benzene rings is 1. The van der Waals surface area contributed by atoms with Gasteiger partial charge in [0.25, 0.3) is 0 Å². The lowest BCUT2D eigenvalue weighted by molar-refractivity contribution is -0.141. The Balaban J connectivity index is 2.38. The molecule has 0 bridgehead atoms. The molecule has 0 aliphatic rings. The van der Waals surface area contributed by atoms with E-state index in [0.29, 0.717) is 31.6 Å². The standard InChI is InChI=1S/C20H31FN2O5S/c1-4-12-28-19-14-17(9-10-18(19)21)16(3)23-29(25,26)13-8-6-7-11-22-15-20(24)27-5-2/h4,9-10,14,16,22-23H,1,5-8,11-13,15H2,2-3H3/t16-/m0/s1. The molecule has 7 nitrogen and oxygen atoms in total. The van der Waals surface area contributed by atoms with Crippen LogP contribution >= 0.6 is 0 Å². The summed E-state index contributed by atoms with van der Waals surface area (Å²) in [6.45, 7) is 8.24. The van der Waals surface area contributed by atoms with Crippen LogP contribution in [0, 0.1) is 5.82 Å². The summed E-state index contributed by atoms with van der Waals surface area (Å²) in [5.74, 6) is -0.755. The number of carbonyl (C=O) groups excluding carboxylic acids is 1. The van der Waals surface area contributed by atoms with Crippen LogP contribution in [-0.4, -0.2) is 46.4 Å². The fourth-order valence-corrected chi connectivity index (χ4v) is 3.94. The number of hydrogen-bond acceptors (Lipinski definition) is 6. The first-order chi connectivity index (χ1) is 13.8. The summed E-state index contributed by atoms with van der Waals surface area (Å²) in [7, 11) is -3.48. The lowest BCUT2D eigenvalue weighted by atomic mass is 10.1. The van der Waals surface area contributed by atoms with Gasteiger partial charge in [-0.2, -0.15) is 0 Å². The molecular weight excluding hydrogens is 399 g/mol. The number of halogens is 1. The Hall–Kier alpha value is -1.97. The number of carbonyl (C=O) groups is 1. The highest BCUT2D eigenvalue weighted by atomic mass is 32.2. The Morgan fingerprint density at radius 1 is 1.31 bits per heavy atom. The van der Waals surface area contributed by atoms with E-state index < -0.39 is 21.9 Å². The Labute approximate surface area is 172 Å². The van der Waals surface area contributed by atoms with Crippen molar-refractivity contribution in [2.45, 2.75) is 39.2 Å². The highest BCUT2D eigenvalue weighted by molar-refractivity contribution is 7.89. The first-order valence-electron chi connectivity index (χ1n) is 9.68. The van der Waals surface area contributed by atoms with Crippen LogP contribution in [0.15, 0.2) is 30.9 Å². The summed E-state index contributed by atoms with van der Waals surface area (Å²) in [5.41, 5.74) is 0.609. The summed E-state index contributed by atoms with van der Waals surface area (Å²) in [4.78, 5) is 11.2. The predicted octanol–water partition coefficient (Wildman–Crippen LogP) is 2.69. The SMILES string of the molecule is C=CCOc1cc([C@H](C)NS(=O)(=O)CCCCCNCC(=O)OCC)ccc1F. The molecule has 29 heavy (non-hydrogen) atoms. The minimum atomic E-state index is -3.48. The van der Waals surface area contributed by atoms with Crippen LogP contribution in [0.1, 0.15) is 44.7 Å². The first-order valence-corrected chi connectivity index (χ1v) is 11.3. The third-order valence-corrected chi connectivity index (χ3v) is 5.55. The van der Waals surface area contributed by atoms with Gasteiger partial charge in [0, 0.05) is 6.04 Å². The van der Waals surface area contributed by atoms with Crippen molar-refractivity contribution in [1.29, 1.82) is 0 Å². The summed E-state index contributed by atoms with van der Waals surface area (Å²) < 4.78 is 50.9. The monoisotopic (exact) mass is 430 g/mol. The summed E-state index contributed by atoms with van der Waals surface area (Å²) >= 11 is 0. The van der Waals surface area contributed by atoms with E-state index in [0.717, 1.165) is 6.42 Å². The summed E-state index contributed by atoms with van der Waals surface area (Å²) in [5, 5.41) is 2.96. The molecule has 1 aromatic carbocycles. The van der Waals surface area contributed by atoms with Gasteiger partial charge < -0.3 is 14.8 Å². The normalized spacial score (nSPS) is 12.4. The molecule has 1 aromatic rings. The van der Waals surface area contributed by atoms with E-state index in [4.69, 9.17) is 9.47 Å². The van der Waals surface area contributed by atoms with Gasteiger partial charge in [-0.25, -0.2) is 17.5 Å². The van der Waals surface area contributed by atoms with Crippen LogP contribution in [0.4, 0.5) is 4.39 Å². The number of ether oxygens (including phenoxy) is 2. The van der Waals surface area contributed by atoms with Gasteiger partial charge in [-0.15, -0.1) is 0 Å². The molecule has 0 saturated heterocycles. The van der Waals surface area contributed by atoms with Crippen LogP contribution in [0.5, 0.6) is 5.75 Å². The average Bonchev–Trinajstić information content (AvgIpc) is 2.66. The zero-order valence-corrected chi connectivity index (χ0v) is 17.9. The molecule has 0 radical (unpaired) electrons. The predicted molar refractivity (Wildman–Crippen MR) is 111 cm³/mol. The largest absolute Gasteiger partial charge is 0.486 e. The zero-order chi connectivity index (χ0) is 21.7. The molecule has 0 unspecified atom stereocenters. The number of nitrogens with one attached hydrogen (secondary N) is 2. The van der Waals surface area contributed by atoms with Crippen molar-refractivity contribution in [1.82, 2.24) is 10.0 Å². The summed E-state index contributed by atoms with van der Waals surface area (Å²) in [6.07, 6.45) is 3.47. The average molecular weight is 431 g/mol. The number of esters is 1. The fraction of sp³-hybridized carbons (Fsp3) is 0.550. The van der Waals surface area contributed by atoms with Gasteiger partial charge in [-0.05, 0) is 50.9 Å². The molecule has 1 rings (SSSR count). The van der Waals surface area contributed by atoms with E-state index in [-0.39, 0.29) is 30.6 Å². The molecule has 0 spiro atoms. The van der Waals surface area contributed by atoms with Gasteiger partial charge in [0.1, 0.15) is 6.61 Å². The molecule has 0 amide bonds. The fourth-order valence-electron chi connectivity index (χ4n) is 2.57. The number of sulfonamides is 1. The van der Waals surface area contributed by atoms with E-state index >= 15 is 0 Å². The molecular formula is C20H31FN2O5S. The summed E-state index contributed by atoms with van der Waals surface area (Å²) in [6, 6.07) is 3.75.